The van der Waals surface area contributed by atoms with Gasteiger partial charge in [-0.1, -0.05) is 0 Å². The van der Waals surface area contributed by atoms with E-state index < -0.39 is 17.1 Å². The first-order valence-corrected chi connectivity index (χ1v) is 5.67. The van der Waals surface area contributed by atoms with Crippen LogP contribution in [0, 0.1) is 0 Å². The summed E-state index contributed by atoms with van der Waals surface area (Å²) in [5.74, 6) is -1.23. The summed E-state index contributed by atoms with van der Waals surface area (Å²) in [5, 5.41) is 9.12. The Morgan fingerprint density at radius 1 is 1.24 bits per heavy atom. The minimum absolute atomic E-state index is 0.161. The van der Waals surface area contributed by atoms with Gasteiger partial charge >= 0.3 is 5.97 Å². The lowest BCUT2D eigenvalue weighted by atomic mass is 9.99. The summed E-state index contributed by atoms with van der Waals surface area (Å²) in [6, 6.07) is 0. The monoisotopic (exact) mass is 245 g/mol. The standard InChI is InChI=1S/C12H23NO4/c1-7-13(12(4,5)10(15)16)9(14)8-11(2,3)17-6/h7-8H2,1-6H3,(H,15,16). The van der Waals surface area contributed by atoms with Crippen molar-refractivity contribution in [2.75, 3.05) is 13.7 Å². The topological polar surface area (TPSA) is 66.8 Å². The first kappa shape index (κ1) is 15.9. The molecular weight excluding hydrogens is 222 g/mol. The number of nitrogens with zero attached hydrogens (tertiary/aromatic N) is 1. The average molecular weight is 245 g/mol. The summed E-state index contributed by atoms with van der Waals surface area (Å²) >= 11 is 0. The summed E-state index contributed by atoms with van der Waals surface area (Å²) in [6.45, 7) is 8.77. The van der Waals surface area contributed by atoms with Crippen molar-refractivity contribution in [3.05, 3.63) is 0 Å². The molecule has 0 aliphatic heterocycles. The van der Waals surface area contributed by atoms with Gasteiger partial charge in [0.2, 0.25) is 5.91 Å². The zero-order valence-corrected chi connectivity index (χ0v) is 11.5. The number of hydrogen-bond donors (Lipinski definition) is 1. The Bertz CT molecular complexity index is 297. The summed E-state index contributed by atoms with van der Waals surface area (Å²) in [5.41, 5.74) is -1.78. The van der Waals surface area contributed by atoms with Crippen molar-refractivity contribution >= 4 is 11.9 Å². The minimum atomic E-state index is -1.20. The Morgan fingerprint density at radius 3 is 2.00 bits per heavy atom. The van der Waals surface area contributed by atoms with Gasteiger partial charge in [0.25, 0.3) is 0 Å². The highest BCUT2D eigenvalue weighted by atomic mass is 16.5. The maximum atomic E-state index is 12.1. The smallest absolute Gasteiger partial charge is 0.329 e. The lowest BCUT2D eigenvalue weighted by Gasteiger charge is -2.36. The van der Waals surface area contributed by atoms with Crippen molar-refractivity contribution in [3.8, 4) is 0 Å². The van der Waals surface area contributed by atoms with Gasteiger partial charge in [0, 0.05) is 13.7 Å². The molecule has 0 radical (unpaired) electrons. The number of carboxylic acids is 1. The van der Waals surface area contributed by atoms with Crippen molar-refractivity contribution in [2.24, 2.45) is 0 Å². The van der Waals surface area contributed by atoms with E-state index >= 15 is 0 Å². The Kier molecular flexibility index (Phi) is 5.13. The quantitative estimate of drug-likeness (QED) is 0.770. The molecule has 1 amide bonds. The number of carbonyl (C=O) groups is 2. The molecule has 17 heavy (non-hydrogen) atoms. The zero-order chi connectivity index (χ0) is 13.9. The molecular formula is C12H23NO4. The van der Waals surface area contributed by atoms with Crippen LogP contribution < -0.4 is 0 Å². The molecule has 5 nitrogen and oxygen atoms in total. The number of amides is 1. The van der Waals surface area contributed by atoms with Gasteiger partial charge in [0.1, 0.15) is 5.54 Å². The van der Waals surface area contributed by atoms with Crippen LogP contribution in [0.25, 0.3) is 0 Å². The molecule has 0 heterocycles. The molecule has 0 aliphatic carbocycles. The van der Waals surface area contributed by atoms with Crippen molar-refractivity contribution in [1.29, 1.82) is 0 Å². The van der Waals surface area contributed by atoms with Crippen LogP contribution in [0.15, 0.2) is 0 Å². The maximum Gasteiger partial charge on any atom is 0.329 e. The molecule has 0 unspecified atom stereocenters. The molecule has 5 heteroatoms. The van der Waals surface area contributed by atoms with Crippen LogP contribution in [-0.4, -0.2) is 46.7 Å². The van der Waals surface area contributed by atoms with E-state index in [4.69, 9.17) is 9.84 Å². The molecule has 0 aromatic rings. The molecule has 0 bridgehead atoms. The predicted molar refractivity (Wildman–Crippen MR) is 64.8 cm³/mol. The SMILES string of the molecule is CCN(C(=O)CC(C)(C)OC)C(C)(C)C(=O)O. The van der Waals surface area contributed by atoms with Crippen LogP contribution in [0.1, 0.15) is 41.0 Å². The maximum absolute atomic E-state index is 12.1. The molecule has 0 aromatic heterocycles. The zero-order valence-electron chi connectivity index (χ0n) is 11.5. The summed E-state index contributed by atoms with van der Waals surface area (Å²) in [7, 11) is 1.53. The first-order chi connectivity index (χ1) is 7.58. The summed E-state index contributed by atoms with van der Waals surface area (Å²) in [4.78, 5) is 24.6. The third-order valence-corrected chi connectivity index (χ3v) is 2.94. The molecule has 0 saturated heterocycles. The third-order valence-electron chi connectivity index (χ3n) is 2.94. The largest absolute Gasteiger partial charge is 0.480 e. The van der Waals surface area contributed by atoms with Gasteiger partial charge in [-0.15, -0.1) is 0 Å². The highest BCUT2D eigenvalue weighted by molar-refractivity contribution is 5.86. The first-order valence-electron chi connectivity index (χ1n) is 5.67. The van der Waals surface area contributed by atoms with Crippen molar-refractivity contribution < 1.29 is 19.4 Å². The van der Waals surface area contributed by atoms with Gasteiger partial charge in [0.15, 0.2) is 0 Å². The Balaban J connectivity index is 4.92. The van der Waals surface area contributed by atoms with Crippen LogP contribution in [0.2, 0.25) is 0 Å². The molecule has 0 aliphatic rings. The van der Waals surface area contributed by atoms with E-state index in [1.165, 1.54) is 25.9 Å². The summed E-state index contributed by atoms with van der Waals surface area (Å²) < 4.78 is 5.18. The fourth-order valence-corrected chi connectivity index (χ4v) is 1.53. The number of hydrogen-bond acceptors (Lipinski definition) is 3. The second-order valence-electron chi connectivity index (χ2n) is 5.14. The molecule has 0 atom stereocenters. The fraction of sp³-hybridized carbons (Fsp3) is 0.833. The third kappa shape index (κ3) is 4.00. The molecule has 0 rings (SSSR count). The highest BCUT2D eigenvalue weighted by Crippen LogP contribution is 2.20. The van der Waals surface area contributed by atoms with Crippen molar-refractivity contribution in [3.63, 3.8) is 0 Å². The fourth-order valence-electron chi connectivity index (χ4n) is 1.53. The second kappa shape index (κ2) is 5.49. The number of carboxylic acid groups (broad SMARTS) is 1. The predicted octanol–water partition coefficient (Wildman–Crippen LogP) is 1.51. The van der Waals surface area contributed by atoms with Crippen LogP contribution >= 0.6 is 0 Å². The van der Waals surface area contributed by atoms with Crippen LogP contribution in [-0.2, 0) is 14.3 Å². The second-order valence-corrected chi connectivity index (χ2v) is 5.14. The van der Waals surface area contributed by atoms with Gasteiger partial charge in [-0.2, -0.15) is 0 Å². The molecule has 0 spiro atoms. The molecule has 1 N–H and O–H groups in total. The van der Waals surface area contributed by atoms with E-state index in [0.717, 1.165) is 0 Å². The number of methoxy groups -OCH3 is 1. The highest BCUT2D eigenvalue weighted by Gasteiger charge is 2.38. The van der Waals surface area contributed by atoms with E-state index in [0.29, 0.717) is 6.54 Å². The molecule has 0 fully saturated rings. The Morgan fingerprint density at radius 2 is 1.71 bits per heavy atom. The van der Waals surface area contributed by atoms with Gasteiger partial charge < -0.3 is 14.7 Å². The van der Waals surface area contributed by atoms with Crippen LogP contribution in [0.4, 0.5) is 0 Å². The van der Waals surface area contributed by atoms with E-state index in [1.807, 2.05) is 0 Å². The average Bonchev–Trinajstić information content (AvgIpc) is 2.17. The summed E-state index contributed by atoms with van der Waals surface area (Å²) in [6.07, 6.45) is 0.161. The lowest BCUT2D eigenvalue weighted by Crippen LogP contribution is -2.54. The van der Waals surface area contributed by atoms with Crippen molar-refractivity contribution in [1.82, 2.24) is 4.90 Å². The van der Waals surface area contributed by atoms with Gasteiger partial charge in [-0.05, 0) is 34.6 Å². The number of rotatable bonds is 6. The number of ether oxygens (including phenoxy) is 1. The van der Waals surface area contributed by atoms with Crippen LogP contribution in [0.5, 0.6) is 0 Å². The van der Waals surface area contributed by atoms with Gasteiger partial charge in [-0.25, -0.2) is 4.79 Å². The van der Waals surface area contributed by atoms with Gasteiger partial charge in [-0.3, -0.25) is 4.79 Å². The van der Waals surface area contributed by atoms with E-state index in [2.05, 4.69) is 0 Å². The van der Waals surface area contributed by atoms with Crippen molar-refractivity contribution in [2.45, 2.75) is 52.2 Å². The Hall–Kier alpha value is -1.10. The number of carbonyl (C=O) groups excluding carboxylic acids is 1. The van der Waals surface area contributed by atoms with E-state index in [1.54, 1.807) is 20.8 Å². The molecule has 100 valence electrons. The normalized spacial score (nSPS) is 12.4. The minimum Gasteiger partial charge on any atom is -0.480 e. The van der Waals surface area contributed by atoms with E-state index in [9.17, 15) is 9.59 Å². The molecule has 0 aromatic carbocycles. The Labute approximate surface area is 103 Å². The number of aliphatic carboxylic acids is 1. The van der Waals surface area contributed by atoms with Gasteiger partial charge in [0.05, 0.1) is 12.0 Å². The molecule has 0 saturated carbocycles. The van der Waals surface area contributed by atoms with E-state index in [-0.39, 0.29) is 12.3 Å². The number of likely N-dealkylation sites (N-methyl/N-ethyl adjacent to an activating group) is 1. The van der Waals surface area contributed by atoms with Crippen LogP contribution in [0.3, 0.4) is 0 Å². The lowest BCUT2D eigenvalue weighted by molar-refractivity contribution is -0.158.